The lowest BCUT2D eigenvalue weighted by molar-refractivity contribution is 0.0948. The van der Waals surface area contributed by atoms with Crippen molar-refractivity contribution in [2.75, 3.05) is 19.7 Å². The number of rotatable bonds is 6. The minimum atomic E-state index is -0.470. The Morgan fingerprint density at radius 2 is 1.85 bits per heavy atom. The Morgan fingerprint density at radius 1 is 1.20 bits per heavy atom. The summed E-state index contributed by atoms with van der Waals surface area (Å²) >= 11 is 4.21. The second-order valence-corrected chi connectivity index (χ2v) is 5.17. The summed E-state index contributed by atoms with van der Waals surface area (Å²) in [6.45, 7) is 4.95. The van der Waals surface area contributed by atoms with Gasteiger partial charge < -0.3 is 15.4 Å². The first-order valence-electron chi connectivity index (χ1n) is 6.47. The van der Waals surface area contributed by atoms with Gasteiger partial charge in [-0.05, 0) is 18.1 Å². The van der Waals surface area contributed by atoms with Crippen LogP contribution in [0.25, 0.3) is 0 Å². The predicted octanol–water partition coefficient (Wildman–Crippen LogP) is 2.09. The van der Waals surface area contributed by atoms with Gasteiger partial charge in [-0.2, -0.15) is 0 Å². The maximum Gasteiger partial charge on any atom is 0.407 e. The second kappa shape index (κ2) is 8.47. The van der Waals surface area contributed by atoms with Gasteiger partial charge in [0.05, 0.1) is 12.2 Å². The Bertz CT molecular complexity index is 463. The summed E-state index contributed by atoms with van der Waals surface area (Å²) in [6.07, 6.45) is -0.470. The third-order valence-corrected chi connectivity index (χ3v) is 2.77. The van der Waals surface area contributed by atoms with Crippen molar-refractivity contribution in [3.63, 3.8) is 0 Å². The Labute approximate surface area is 124 Å². The number of benzene rings is 1. The lowest BCUT2D eigenvalue weighted by atomic mass is 10.2. The van der Waals surface area contributed by atoms with Gasteiger partial charge in [0.15, 0.2) is 0 Å². The van der Waals surface area contributed by atoms with E-state index in [9.17, 15) is 9.59 Å². The third-order valence-electron chi connectivity index (χ3n) is 2.38. The average Bonchev–Trinajstić information content (AvgIpc) is 2.41. The van der Waals surface area contributed by atoms with Crippen LogP contribution in [0.15, 0.2) is 29.2 Å². The van der Waals surface area contributed by atoms with E-state index in [4.69, 9.17) is 4.74 Å². The number of nitrogens with one attached hydrogen (secondary N) is 2. The number of amides is 2. The van der Waals surface area contributed by atoms with E-state index in [1.54, 1.807) is 18.2 Å². The van der Waals surface area contributed by atoms with E-state index in [-0.39, 0.29) is 5.91 Å². The molecule has 0 saturated heterocycles. The van der Waals surface area contributed by atoms with Crippen molar-refractivity contribution in [2.24, 2.45) is 5.92 Å². The van der Waals surface area contributed by atoms with Crippen LogP contribution in [-0.4, -0.2) is 31.7 Å². The molecule has 0 aliphatic carbocycles. The predicted molar refractivity (Wildman–Crippen MR) is 80.2 cm³/mol. The minimum absolute atomic E-state index is 0.215. The fraction of sp³-hybridized carbons (Fsp3) is 0.429. The molecule has 0 bridgehead atoms. The fourth-order valence-electron chi connectivity index (χ4n) is 1.39. The van der Waals surface area contributed by atoms with Crippen LogP contribution < -0.4 is 10.6 Å². The molecule has 1 aromatic carbocycles. The minimum Gasteiger partial charge on any atom is -0.449 e. The summed E-state index contributed by atoms with van der Waals surface area (Å²) < 4.78 is 4.94. The van der Waals surface area contributed by atoms with Crippen LogP contribution in [-0.2, 0) is 4.74 Å². The van der Waals surface area contributed by atoms with Crippen LogP contribution in [0, 0.1) is 5.92 Å². The van der Waals surface area contributed by atoms with Gasteiger partial charge in [-0.3, -0.25) is 4.79 Å². The smallest absolute Gasteiger partial charge is 0.407 e. The Kier molecular flexibility index (Phi) is 6.93. The molecule has 0 aliphatic rings. The van der Waals surface area contributed by atoms with E-state index in [1.807, 2.05) is 19.9 Å². The quantitative estimate of drug-likeness (QED) is 0.556. The highest BCUT2D eigenvalue weighted by atomic mass is 32.1. The summed E-state index contributed by atoms with van der Waals surface area (Å²) in [5.74, 6) is 0.0836. The summed E-state index contributed by atoms with van der Waals surface area (Å²) in [7, 11) is 0. The molecule has 0 atom stereocenters. The molecule has 2 N–H and O–H groups in total. The molecule has 0 fully saturated rings. The topological polar surface area (TPSA) is 67.4 Å². The molecule has 1 rings (SSSR count). The Morgan fingerprint density at radius 3 is 2.50 bits per heavy atom. The molecule has 5 nitrogen and oxygen atoms in total. The molecule has 0 aromatic heterocycles. The molecule has 1 aromatic rings. The first-order chi connectivity index (χ1) is 9.50. The lowest BCUT2D eigenvalue weighted by Crippen LogP contribution is -2.35. The molecule has 20 heavy (non-hydrogen) atoms. The van der Waals surface area contributed by atoms with Crippen molar-refractivity contribution in [3.05, 3.63) is 29.8 Å². The third kappa shape index (κ3) is 5.97. The number of ether oxygens (including phenoxy) is 1. The monoisotopic (exact) mass is 296 g/mol. The molecule has 0 unspecified atom stereocenters. The van der Waals surface area contributed by atoms with Crippen molar-refractivity contribution < 1.29 is 14.3 Å². The van der Waals surface area contributed by atoms with Crippen LogP contribution in [0.5, 0.6) is 0 Å². The zero-order chi connectivity index (χ0) is 15.0. The van der Waals surface area contributed by atoms with Crippen LogP contribution in [0.2, 0.25) is 0 Å². The molecule has 0 aliphatic heterocycles. The first-order valence-corrected chi connectivity index (χ1v) is 6.92. The number of alkyl carbamates (subject to hydrolysis) is 1. The molecule has 110 valence electrons. The summed E-state index contributed by atoms with van der Waals surface area (Å²) in [5, 5.41) is 5.27. The molecule has 6 heteroatoms. The Hall–Kier alpha value is -1.69. The molecule has 0 radical (unpaired) electrons. The van der Waals surface area contributed by atoms with E-state index in [2.05, 4.69) is 23.3 Å². The van der Waals surface area contributed by atoms with Crippen LogP contribution in [0.1, 0.15) is 24.2 Å². The van der Waals surface area contributed by atoms with Crippen molar-refractivity contribution in [3.8, 4) is 0 Å². The molecular weight excluding hydrogens is 276 g/mol. The van der Waals surface area contributed by atoms with Crippen molar-refractivity contribution >= 4 is 24.6 Å². The van der Waals surface area contributed by atoms with Gasteiger partial charge in [0, 0.05) is 18.0 Å². The van der Waals surface area contributed by atoms with E-state index in [1.165, 1.54) is 0 Å². The Balaban J connectivity index is 2.23. The maximum absolute atomic E-state index is 11.8. The lowest BCUT2D eigenvalue weighted by Gasteiger charge is -2.10. The fourth-order valence-corrected chi connectivity index (χ4v) is 1.66. The van der Waals surface area contributed by atoms with Gasteiger partial charge in [-0.1, -0.05) is 26.0 Å². The van der Waals surface area contributed by atoms with Crippen LogP contribution in [0.3, 0.4) is 0 Å². The molecule has 0 heterocycles. The summed E-state index contributed by atoms with van der Waals surface area (Å²) in [5.41, 5.74) is 0.512. The number of carbonyl (C=O) groups is 2. The van der Waals surface area contributed by atoms with Gasteiger partial charge >= 0.3 is 6.09 Å². The van der Waals surface area contributed by atoms with E-state index in [0.29, 0.717) is 36.1 Å². The van der Waals surface area contributed by atoms with E-state index in [0.717, 1.165) is 0 Å². The number of hydrogen-bond donors (Lipinski definition) is 3. The molecular formula is C14H20N2O3S. The zero-order valence-corrected chi connectivity index (χ0v) is 12.6. The first kappa shape index (κ1) is 16.4. The summed E-state index contributed by atoms with van der Waals surface area (Å²) in [6, 6.07) is 7.03. The SMILES string of the molecule is CC(C)COC(=O)NCCNC(=O)c1ccccc1S. The van der Waals surface area contributed by atoms with Gasteiger partial charge in [-0.25, -0.2) is 4.79 Å². The largest absolute Gasteiger partial charge is 0.449 e. The summed E-state index contributed by atoms with van der Waals surface area (Å²) in [4.78, 5) is 23.7. The van der Waals surface area contributed by atoms with Crippen molar-refractivity contribution in [1.82, 2.24) is 10.6 Å². The average molecular weight is 296 g/mol. The van der Waals surface area contributed by atoms with Crippen LogP contribution >= 0.6 is 12.6 Å². The number of thiol groups is 1. The van der Waals surface area contributed by atoms with Crippen molar-refractivity contribution in [2.45, 2.75) is 18.7 Å². The van der Waals surface area contributed by atoms with Gasteiger partial charge in [-0.15, -0.1) is 12.6 Å². The number of carbonyl (C=O) groups excluding carboxylic acids is 2. The van der Waals surface area contributed by atoms with E-state index >= 15 is 0 Å². The standard InChI is InChI=1S/C14H20N2O3S/c1-10(2)9-19-14(18)16-8-7-15-13(17)11-5-3-4-6-12(11)20/h3-6,10,20H,7-9H2,1-2H3,(H,15,17)(H,16,18). The highest BCUT2D eigenvalue weighted by molar-refractivity contribution is 7.80. The normalized spacial score (nSPS) is 10.2. The van der Waals surface area contributed by atoms with Gasteiger partial charge in [0.25, 0.3) is 5.91 Å². The molecule has 0 spiro atoms. The number of hydrogen-bond acceptors (Lipinski definition) is 4. The van der Waals surface area contributed by atoms with E-state index < -0.39 is 6.09 Å². The molecule has 2 amide bonds. The van der Waals surface area contributed by atoms with Crippen molar-refractivity contribution in [1.29, 1.82) is 0 Å². The second-order valence-electron chi connectivity index (χ2n) is 4.69. The maximum atomic E-state index is 11.8. The zero-order valence-electron chi connectivity index (χ0n) is 11.7. The highest BCUT2D eigenvalue weighted by Crippen LogP contribution is 2.12. The highest BCUT2D eigenvalue weighted by Gasteiger charge is 2.08. The van der Waals surface area contributed by atoms with Gasteiger partial charge in [0.1, 0.15) is 0 Å². The van der Waals surface area contributed by atoms with Crippen LogP contribution in [0.4, 0.5) is 4.79 Å². The molecule has 0 saturated carbocycles. The van der Waals surface area contributed by atoms with Gasteiger partial charge in [0.2, 0.25) is 0 Å².